The monoisotopic (exact) mass is 417 g/mol. The Labute approximate surface area is 181 Å². The summed E-state index contributed by atoms with van der Waals surface area (Å²) in [5, 5.41) is 6.93. The lowest BCUT2D eigenvalue weighted by Crippen LogP contribution is -2.46. The van der Waals surface area contributed by atoms with Gasteiger partial charge in [-0.25, -0.2) is 4.99 Å². The fraction of sp³-hybridized carbons (Fsp3) is 0.708. The minimum atomic E-state index is 0.323. The van der Waals surface area contributed by atoms with Crippen LogP contribution in [0.4, 0.5) is 0 Å². The van der Waals surface area contributed by atoms with Crippen molar-refractivity contribution < 1.29 is 14.2 Å². The molecule has 168 valence electrons. The number of methoxy groups -OCH3 is 2. The summed E-state index contributed by atoms with van der Waals surface area (Å²) in [4.78, 5) is 4.80. The van der Waals surface area contributed by atoms with Gasteiger partial charge in [-0.3, -0.25) is 0 Å². The molecule has 2 aliphatic carbocycles. The van der Waals surface area contributed by atoms with E-state index in [1.807, 2.05) is 12.1 Å². The minimum absolute atomic E-state index is 0.323. The largest absolute Gasteiger partial charge is 0.493 e. The highest BCUT2D eigenvalue weighted by molar-refractivity contribution is 5.79. The quantitative estimate of drug-likeness (QED) is 0.416. The van der Waals surface area contributed by atoms with E-state index < -0.39 is 0 Å². The zero-order valence-corrected chi connectivity index (χ0v) is 19.0. The van der Waals surface area contributed by atoms with E-state index in [-0.39, 0.29) is 0 Å². The van der Waals surface area contributed by atoms with Crippen molar-refractivity contribution in [3.05, 3.63) is 23.8 Å². The van der Waals surface area contributed by atoms with E-state index in [4.69, 9.17) is 19.2 Å². The van der Waals surface area contributed by atoms with Crippen molar-refractivity contribution in [2.24, 2.45) is 10.4 Å². The second-order valence-electron chi connectivity index (χ2n) is 8.65. The minimum Gasteiger partial charge on any atom is -0.493 e. The Morgan fingerprint density at radius 2 is 1.90 bits per heavy atom. The molecule has 2 N–H and O–H groups in total. The van der Waals surface area contributed by atoms with E-state index in [0.717, 1.165) is 62.0 Å². The number of nitrogens with zero attached hydrogens (tertiary/aromatic N) is 1. The summed E-state index contributed by atoms with van der Waals surface area (Å²) in [6, 6.07) is 6.16. The SMILES string of the molecule is CCNC(=NCc1ccc(OC2CCCC2)c(OC)c1)NCC1(CCOC)CCC1. The molecule has 2 aliphatic rings. The van der Waals surface area contributed by atoms with E-state index in [9.17, 15) is 0 Å². The van der Waals surface area contributed by atoms with Crippen molar-refractivity contribution in [3.8, 4) is 11.5 Å². The van der Waals surface area contributed by atoms with Crippen LogP contribution in [0.2, 0.25) is 0 Å². The number of ether oxygens (including phenoxy) is 3. The molecule has 0 atom stereocenters. The Hall–Kier alpha value is -1.95. The standard InChI is InChI=1S/C24H39N3O3/c1-4-25-23(27-18-24(12-7-13-24)14-15-28-2)26-17-19-10-11-21(22(16-19)29-3)30-20-8-5-6-9-20/h10-11,16,20H,4-9,12-15,17-18H2,1-3H3,(H2,25,26,27). The lowest BCUT2D eigenvalue weighted by atomic mass is 9.67. The maximum Gasteiger partial charge on any atom is 0.191 e. The molecule has 1 aromatic rings. The average molecular weight is 418 g/mol. The molecule has 0 radical (unpaired) electrons. The number of rotatable bonds is 11. The van der Waals surface area contributed by atoms with Gasteiger partial charge in [-0.05, 0) is 75.0 Å². The molecule has 0 bridgehead atoms. The molecule has 3 rings (SSSR count). The first-order valence-corrected chi connectivity index (χ1v) is 11.5. The van der Waals surface area contributed by atoms with Gasteiger partial charge in [0.05, 0.1) is 19.8 Å². The highest BCUT2D eigenvalue weighted by atomic mass is 16.5. The third-order valence-electron chi connectivity index (χ3n) is 6.47. The Balaban J connectivity index is 1.59. The Morgan fingerprint density at radius 3 is 2.53 bits per heavy atom. The molecule has 1 aromatic carbocycles. The van der Waals surface area contributed by atoms with Crippen LogP contribution in [0.15, 0.2) is 23.2 Å². The first kappa shape index (κ1) is 22.7. The maximum absolute atomic E-state index is 6.15. The number of nitrogens with one attached hydrogen (secondary N) is 2. The van der Waals surface area contributed by atoms with Crippen molar-refractivity contribution in [2.45, 2.75) is 70.9 Å². The first-order chi connectivity index (χ1) is 14.7. The summed E-state index contributed by atoms with van der Waals surface area (Å²) in [6.45, 7) is 5.30. The fourth-order valence-corrected chi connectivity index (χ4v) is 4.39. The third kappa shape index (κ3) is 6.27. The van der Waals surface area contributed by atoms with Crippen LogP contribution in [-0.4, -0.2) is 46.0 Å². The summed E-state index contributed by atoms with van der Waals surface area (Å²) >= 11 is 0. The predicted molar refractivity (Wildman–Crippen MR) is 121 cm³/mol. The molecule has 0 spiro atoms. The zero-order chi connectivity index (χ0) is 21.2. The normalized spacial score (nSPS) is 18.7. The molecular formula is C24H39N3O3. The molecule has 30 heavy (non-hydrogen) atoms. The van der Waals surface area contributed by atoms with Crippen LogP contribution < -0.4 is 20.1 Å². The van der Waals surface area contributed by atoms with Gasteiger partial charge in [0, 0.05) is 26.8 Å². The molecule has 0 aromatic heterocycles. The van der Waals surface area contributed by atoms with E-state index >= 15 is 0 Å². The van der Waals surface area contributed by atoms with Crippen molar-refractivity contribution in [2.75, 3.05) is 33.9 Å². The molecule has 0 saturated heterocycles. The predicted octanol–water partition coefficient (Wildman–Crippen LogP) is 4.28. The van der Waals surface area contributed by atoms with Gasteiger partial charge < -0.3 is 24.8 Å². The van der Waals surface area contributed by atoms with Gasteiger partial charge in [-0.15, -0.1) is 0 Å². The van der Waals surface area contributed by atoms with Crippen LogP contribution >= 0.6 is 0 Å². The second kappa shape index (κ2) is 11.4. The van der Waals surface area contributed by atoms with Gasteiger partial charge in [0.25, 0.3) is 0 Å². The molecular weight excluding hydrogens is 378 g/mol. The number of hydrogen-bond donors (Lipinski definition) is 2. The lowest BCUT2D eigenvalue weighted by Gasteiger charge is -2.42. The first-order valence-electron chi connectivity index (χ1n) is 11.5. The van der Waals surface area contributed by atoms with E-state index in [1.54, 1.807) is 14.2 Å². The topological polar surface area (TPSA) is 64.1 Å². The maximum atomic E-state index is 6.15. The van der Waals surface area contributed by atoms with Crippen LogP contribution in [-0.2, 0) is 11.3 Å². The van der Waals surface area contributed by atoms with Gasteiger partial charge in [0.1, 0.15) is 0 Å². The molecule has 6 nitrogen and oxygen atoms in total. The molecule has 0 heterocycles. The van der Waals surface area contributed by atoms with E-state index in [0.29, 0.717) is 18.1 Å². The van der Waals surface area contributed by atoms with Gasteiger partial charge in [0.15, 0.2) is 17.5 Å². The van der Waals surface area contributed by atoms with Gasteiger partial charge in [-0.1, -0.05) is 12.5 Å². The van der Waals surface area contributed by atoms with Crippen LogP contribution in [0.25, 0.3) is 0 Å². The summed E-state index contributed by atoms with van der Waals surface area (Å²) in [5.74, 6) is 2.50. The zero-order valence-electron chi connectivity index (χ0n) is 19.0. The smallest absolute Gasteiger partial charge is 0.191 e. The number of guanidine groups is 1. The van der Waals surface area contributed by atoms with Crippen molar-refractivity contribution in [1.82, 2.24) is 10.6 Å². The van der Waals surface area contributed by atoms with Crippen molar-refractivity contribution >= 4 is 5.96 Å². The Morgan fingerprint density at radius 1 is 1.10 bits per heavy atom. The highest BCUT2D eigenvalue weighted by Gasteiger charge is 2.36. The van der Waals surface area contributed by atoms with Gasteiger partial charge in [-0.2, -0.15) is 0 Å². The Bertz CT molecular complexity index is 682. The summed E-state index contributed by atoms with van der Waals surface area (Å²) in [6.07, 6.45) is 10.1. The van der Waals surface area contributed by atoms with Crippen molar-refractivity contribution in [1.29, 1.82) is 0 Å². The molecule has 2 fully saturated rings. The van der Waals surface area contributed by atoms with Gasteiger partial charge in [0.2, 0.25) is 0 Å². The summed E-state index contributed by atoms with van der Waals surface area (Å²) in [5.41, 5.74) is 1.47. The van der Waals surface area contributed by atoms with Crippen molar-refractivity contribution in [3.63, 3.8) is 0 Å². The Kier molecular flexibility index (Phi) is 8.67. The summed E-state index contributed by atoms with van der Waals surface area (Å²) in [7, 11) is 3.48. The van der Waals surface area contributed by atoms with E-state index in [2.05, 4.69) is 23.6 Å². The fourth-order valence-electron chi connectivity index (χ4n) is 4.39. The number of hydrogen-bond acceptors (Lipinski definition) is 4. The third-order valence-corrected chi connectivity index (χ3v) is 6.47. The summed E-state index contributed by atoms with van der Waals surface area (Å²) < 4.78 is 17.0. The molecule has 0 aliphatic heterocycles. The van der Waals surface area contributed by atoms with Crippen LogP contribution in [0.3, 0.4) is 0 Å². The van der Waals surface area contributed by atoms with Crippen LogP contribution in [0.1, 0.15) is 63.9 Å². The molecule has 6 heteroatoms. The molecule has 2 saturated carbocycles. The number of benzene rings is 1. The molecule has 0 amide bonds. The average Bonchev–Trinajstić information content (AvgIpc) is 3.24. The molecule has 0 unspecified atom stereocenters. The second-order valence-corrected chi connectivity index (χ2v) is 8.65. The van der Waals surface area contributed by atoms with Crippen LogP contribution in [0, 0.1) is 5.41 Å². The lowest BCUT2D eigenvalue weighted by molar-refractivity contribution is 0.0732. The number of aliphatic imine (C=N–C) groups is 1. The highest BCUT2D eigenvalue weighted by Crippen LogP contribution is 2.43. The van der Waals surface area contributed by atoms with Gasteiger partial charge >= 0.3 is 0 Å². The van der Waals surface area contributed by atoms with Crippen LogP contribution in [0.5, 0.6) is 11.5 Å². The van der Waals surface area contributed by atoms with E-state index in [1.165, 1.54) is 32.1 Å².